The largest absolute Gasteiger partial charge is 0.356 e. The van der Waals surface area contributed by atoms with Crippen LogP contribution in [-0.4, -0.2) is 54.7 Å². The molecular formula is C15H23N3O3S. The highest BCUT2D eigenvalue weighted by Crippen LogP contribution is 2.19. The number of likely N-dealkylation sites (tertiary alicyclic amines) is 1. The minimum absolute atomic E-state index is 0.123. The van der Waals surface area contributed by atoms with Crippen molar-refractivity contribution in [1.29, 1.82) is 0 Å². The number of hydrogen-bond acceptors (Lipinski definition) is 3. The number of carbonyl (C=O) groups excluding carboxylic acids is 1. The number of amides is 1. The molecule has 0 radical (unpaired) electrons. The molecule has 1 aliphatic rings. The molecule has 0 spiro atoms. The third kappa shape index (κ3) is 3.41. The van der Waals surface area contributed by atoms with Crippen LogP contribution < -0.4 is 0 Å². The number of nitrogens with zero attached hydrogens (tertiary/aromatic N) is 2. The van der Waals surface area contributed by atoms with Crippen molar-refractivity contribution in [2.75, 3.05) is 26.2 Å². The van der Waals surface area contributed by atoms with E-state index in [4.69, 9.17) is 0 Å². The predicted octanol–water partition coefficient (Wildman–Crippen LogP) is 1.84. The molecule has 0 aliphatic carbocycles. The predicted molar refractivity (Wildman–Crippen MR) is 85.2 cm³/mol. The Kier molecular flexibility index (Phi) is 5.08. The van der Waals surface area contributed by atoms with Gasteiger partial charge in [-0.2, -0.15) is 4.31 Å². The lowest BCUT2D eigenvalue weighted by molar-refractivity contribution is 0.0787. The molecule has 1 fully saturated rings. The second-order valence-corrected chi connectivity index (χ2v) is 7.57. The van der Waals surface area contributed by atoms with Gasteiger partial charge in [-0.1, -0.05) is 19.1 Å². The van der Waals surface area contributed by atoms with Crippen LogP contribution in [0.3, 0.4) is 0 Å². The Balaban J connectivity index is 2.22. The lowest BCUT2D eigenvalue weighted by Gasteiger charge is -2.19. The van der Waals surface area contributed by atoms with E-state index in [1.807, 2.05) is 0 Å². The first kappa shape index (κ1) is 16.8. The third-order valence-corrected chi connectivity index (χ3v) is 5.62. The molecule has 0 aromatic carbocycles. The topological polar surface area (TPSA) is 73.5 Å². The summed E-state index contributed by atoms with van der Waals surface area (Å²) < 4.78 is 26.5. The molecule has 122 valence electrons. The van der Waals surface area contributed by atoms with Gasteiger partial charge in [0, 0.05) is 32.4 Å². The van der Waals surface area contributed by atoms with Crippen molar-refractivity contribution < 1.29 is 13.2 Å². The van der Waals surface area contributed by atoms with E-state index < -0.39 is 10.0 Å². The Bertz CT molecular complexity index is 657. The molecule has 2 rings (SSSR count). The number of aromatic nitrogens is 1. The Morgan fingerprint density at radius 3 is 2.59 bits per heavy atom. The van der Waals surface area contributed by atoms with Crippen LogP contribution in [0.4, 0.5) is 0 Å². The van der Waals surface area contributed by atoms with Crippen molar-refractivity contribution in [2.24, 2.45) is 0 Å². The highest BCUT2D eigenvalue weighted by atomic mass is 32.2. The molecule has 6 nitrogen and oxygen atoms in total. The molecule has 1 aliphatic heterocycles. The van der Waals surface area contributed by atoms with Crippen LogP contribution in [0.25, 0.3) is 0 Å². The van der Waals surface area contributed by atoms with Gasteiger partial charge in [0.05, 0.1) is 0 Å². The van der Waals surface area contributed by atoms with Gasteiger partial charge in [-0.15, -0.1) is 0 Å². The number of aromatic amines is 1. The lowest BCUT2D eigenvalue weighted by Crippen LogP contribution is -2.32. The van der Waals surface area contributed by atoms with Gasteiger partial charge in [0.2, 0.25) is 10.0 Å². The molecule has 0 saturated carbocycles. The molecule has 0 bridgehead atoms. The molecule has 1 aromatic heterocycles. The monoisotopic (exact) mass is 325 g/mol. The van der Waals surface area contributed by atoms with E-state index in [-0.39, 0.29) is 17.3 Å². The second kappa shape index (κ2) is 6.66. The molecule has 22 heavy (non-hydrogen) atoms. The van der Waals surface area contributed by atoms with Gasteiger partial charge in [0.25, 0.3) is 5.91 Å². The average molecular weight is 325 g/mol. The zero-order chi connectivity index (χ0) is 16.3. The summed E-state index contributed by atoms with van der Waals surface area (Å²) in [6.45, 7) is 9.43. The first-order chi connectivity index (χ1) is 10.4. The van der Waals surface area contributed by atoms with E-state index in [1.54, 1.807) is 18.7 Å². The summed E-state index contributed by atoms with van der Waals surface area (Å²) in [6, 6.07) is 1.43. The maximum atomic E-state index is 12.6. The van der Waals surface area contributed by atoms with E-state index in [0.29, 0.717) is 12.2 Å². The summed E-state index contributed by atoms with van der Waals surface area (Å²) in [4.78, 5) is 16.9. The van der Waals surface area contributed by atoms with Crippen LogP contribution in [0.2, 0.25) is 0 Å². The molecular weight excluding hydrogens is 302 g/mol. The fourth-order valence-electron chi connectivity index (χ4n) is 2.55. The number of rotatable bonds is 6. The minimum atomic E-state index is -3.61. The minimum Gasteiger partial charge on any atom is -0.356 e. The summed E-state index contributed by atoms with van der Waals surface area (Å²) in [5, 5.41) is 0. The lowest BCUT2D eigenvalue weighted by atomic mass is 10.3. The van der Waals surface area contributed by atoms with Crippen LogP contribution in [-0.2, 0) is 10.0 Å². The van der Waals surface area contributed by atoms with Gasteiger partial charge in [0.1, 0.15) is 10.6 Å². The van der Waals surface area contributed by atoms with Crippen molar-refractivity contribution in [3.8, 4) is 0 Å². The maximum absolute atomic E-state index is 12.6. The van der Waals surface area contributed by atoms with Crippen molar-refractivity contribution in [2.45, 2.75) is 31.6 Å². The average Bonchev–Trinajstić information content (AvgIpc) is 3.14. The Labute approximate surface area is 131 Å². The van der Waals surface area contributed by atoms with Gasteiger partial charge in [-0.05, 0) is 25.8 Å². The first-order valence-corrected chi connectivity index (χ1v) is 8.92. The zero-order valence-electron chi connectivity index (χ0n) is 13.1. The van der Waals surface area contributed by atoms with Crippen LogP contribution in [0, 0.1) is 0 Å². The molecule has 1 amide bonds. The number of sulfonamides is 1. The molecule has 0 unspecified atom stereocenters. The van der Waals surface area contributed by atoms with Crippen LogP contribution in [0.5, 0.6) is 0 Å². The number of carbonyl (C=O) groups is 1. The summed E-state index contributed by atoms with van der Waals surface area (Å²) in [7, 11) is -3.61. The highest BCUT2D eigenvalue weighted by Gasteiger charge is 2.27. The van der Waals surface area contributed by atoms with Gasteiger partial charge in [-0.3, -0.25) is 4.79 Å². The normalized spacial score (nSPS) is 15.5. The summed E-state index contributed by atoms with van der Waals surface area (Å²) in [5.41, 5.74) is 1.10. The van der Waals surface area contributed by atoms with Crippen molar-refractivity contribution in [3.05, 3.63) is 30.1 Å². The van der Waals surface area contributed by atoms with Gasteiger partial charge in [0.15, 0.2) is 0 Å². The summed E-state index contributed by atoms with van der Waals surface area (Å²) in [5.74, 6) is -0.137. The van der Waals surface area contributed by atoms with E-state index in [1.165, 1.54) is 16.6 Å². The smallest absolute Gasteiger partial charge is 0.270 e. The SMILES string of the molecule is C=C(C)CN(CC)S(=O)(=O)c1c[nH]c(C(=O)N2CCCC2)c1. The van der Waals surface area contributed by atoms with Crippen molar-refractivity contribution in [3.63, 3.8) is 0 Å². The second-order valence-electron chi connectivity index (χ2n) is 5.64. The van der Waals surface area contributed by atoms with Crippen LogP contribution in [0.15, 0.2) is 29.3 Å². The Hall–Kier alpha value is -1.60. The molecule has 7 heteroatoms. The maximum Gasteiger partial charge on any atom is 0.270 e. The fraction of sp³-hybridized carbons (Fsp3) is 0.533. The van der Waals surface area contributed by atoms with Crippen molar-refractivity contribution >= 4 is 15.9 Å². The highest BCUT2D eigenvalue weighted by molar-refractivity contribution is 7.89. The Morgan fingerprint density at radius 1 is 1.41 bits per heavy atom. The van der Waals surface area contributed by atoms with Gasteiger partial charge < -0.3 is 9.88 Å². The molecule has 1 N–H and O–H groups in total. The van der Waals surface area contributed by atoms with Gasteiger partial charge in [-0.25, -0.2) is 8.42 Å². The molecule has 0 atom stereocenters. The van der Waals surface area contributed by atoms with E-state index in [0.717, 1.165) is 31.5 Å². The number of hydrogen-bond donors (Lipinski definition) is 1. The molecule has 2 heterocycles. The quantitative estimate of drug-likeness (QED) is 0.811. The molecule has 1 saturated heterocycles. The van der Waals surface area contributed by atoms with Crippen LogP contribution >= 0.6 is 0 Å². The summed E-state index contributed by atoms with van der Waals surface area (Å²) >= 11 is 0. The van der Waals surface area contributed by atoms with Crippen LogP contribution in [0.1, 0.15) is 37.2 Å². The fourth-order valence-corrected chi connectivity index (χ4v) is 4.06. The number of likely N-dealkylation sites (N-methyl/N-ethyl adjacent to an activating group) is 1. The summed E-state index contributed by atoms with van der Waals surface area (Å²) in [6.07, 6.45) is 3.39. The van der Waals surface area contributed by atoms with Crippen molar-refractivity contribution in [1.82, 2.24) is 14.2 Å². The van der Waals surface area contributed by atoms with E-state index in [9.17, 15) is 13.2 Å². The van der Waals surface area contributed by atoms with E-state index in [2.05, 4.69) is 11.6 Å². The van der Waals surface area contributed by atoms with E-state index >= 15 is 0 Å². The molecule has 1 aromatic rings. The number of H-pyrrole nitrogens is 1. The van der Waals surface area contributed by atoms with Gasteiger partial charge >= 0.3 is 0 Å². The third-order valence-electron chi connectivity index (χ3n) is 3.72. The zero-order valence-corrected chi connectivity index (χ0v) is 13.9. The Morgan fingerprint density at radius 2 is 2.05 bits per heavy atom. The standard InChI is InChI=1S/C15H23N3O3S/c1-4-18(11-12(2)3)22(20,21)13-9-14(16-10-13)15(19)17-7-5-6-8-17/h9-10,16H,2,4-8,11H2,1,3H3. The first-order valence-electron chi connectivity index (χ1n) is 7.48. The number of nitrogens with one attached hydrogen (secondary N) is 1.